The molecule has 0 fully saturated rings. The largest absolute Gasteiger partial charge is 0.395 e. The Morgan fingerprint density at radius 3 is 2.67 bits per heavy atom. The first kappa shape index (κ1) is 12.4. The van der Waals surface area contributed by atoms with Crippen LogP contribution >= 0.6 is 11.3 Å². The average Bonchev–Trinajstić information content (AvgIpc) is 2.50. The van der Waals surface area contributed by atoms with Crippen LogP contribution in [-0.2, 0) is 6.54 Å². The van der Waals surface area contributed by atoms with E-state index in [1.165, 1.54) is 11.3 Å². The molecule has 4 N–H and O–H groups in total. The summed E-state index contributed by atoms with van der Waals surface area (Å²) in [5.41, 5.74) is 5.58. The molecule has 0 unspecified atom stereocenters. The molecule has 1 aromatic heterocycles. The highest BCUT2D eigenvalue weighted by atomic mass is 32.1. The Bertz CT molecular complexity index is 306. The van der Waals surface area contributed by atoms with Crippen molar-refractivity contribution in [1.82, 2.24) is 10.3 Å². The van der Waals surface area contributed by atoms with E-state index in [4.69, 9.17) is 5.73 Å². The summed E-state index contributed by atoms with van der Waals surface area (Å²) in [6, 6.07) is 0.0841. The van der Waals surface area contributed by atoms with Crippen molar-refractivity contribution in [3.05, 3.63) is 11.1 Å². The van der Waals surface area contributed by atoms with Gasteiger partial charge in [0.1, 0.15) is 0 Å². The molecule has 15 heavy (non-hydrogen) atoms. The second kappa shape index (κ2) is 4.92. The number of aliphatic hydroxyl groups is 1. The molecule has 1 rings (SSSR count). The van der Waals surface area contributed by atoms with E-state index < -0.39 is 0 Å². The maximum atomic E-state index is 9.25. The van der Waals surface area contributed by atoms with Gasteiger partial charge in [-0.2, -0.15) is 0 Å². The summed E-state index contributed by atoms with van der Waals surface area (Å²) in [5.74, 6) is 0. The molecule has 86 valence electrons. The summed E-state index contributed by atoms with van der Waals surface area (Å²) < 4.78 is 0. The Morgan fingerprint density at radius 2 is 2.27 bits per heavy atom. The lowest BCUT2D eigenvalue weighted by Gasteiger charge is -2.29. The fourth-order valence-electron chi connectivity index (χ4n) is 1.27. The fourth-order valence-corrected chi connectivity index (χ4v) is 1.91. The number of nitrogens with zero attached hydrogens (tertiary/aromatic N) is 1. The number of thiazole rings is 1. The Hall–Kier alpha value is -0.650. The molecule has 1 atom stereocenters. The number of aliphatic hydroxyl groups excluding tert-OH is 1. The van der Waals surface area contributed by atoms with Gasteiger partial charge in [-0.1, -0.05) is 20.8 Å². The molecule has 0 bridgehead atoms. The second-order valence-electron chi connectivity index (χ2n) is 4.65. The van der Waals surface area contributed by atoms with E-state index in [1.54, 1.807) is 6.20 Å². The van der Waals surface area contributed by atoms with E-state index in [0.717, 1.165) is 4.88 Å². The van der Waals surface area contributed by atoms with E-state index in [1.807, 2.05) is 0 Å². The van der Waals surface area contributed by atoms with E-state index in [2.05, 4.69) is 31.1 Å². The summed E-state index contributed by atoms with van der Waals surface area (Å²) >= 11 is 1.47. The third-order valence-electron chi connectivity index (χ3n) is 2.32. The first-order valence-corrected chi connectivity index (χ1v) is 5.79. The lowest BCUT2D eigenvalue weighted by atomic mass is 9.87. The molecule has 1 aromatic rings. The molecule has 0 saturated heterocycles. The molecule has 0 radical (unpaired) electrons. The van der Waals surface area contributed by atoms with Crippen molar-refractivity contribution in [2.24, 2.45) is 5.41 Å². The average molecular weight is 229 g/mol. The molecule has 5 heteroatoms. The van der Waals surface area contributed by atoms with Crippen molar-refractivity contribution in [1.29, 1.82) is 0 Å². The molecular weight excluding hydrogens is 210 g/mol. The molecule has 0 amide bonds. The zero-order valence-corrected chi connectivity index (χ0v) is 10.3. The Balaban J connectivity index is 2.48. The van der Waals surface area contributed by atoms with Gasteiger partial charge in [-0.25, -0.2) is 4.98 Å². The normalized spacial score (nSPS) is 14.1. The number of nitrogens with two attached hydrogens (primary N) is 1. The van der Waals surface area contributed by atoms with Gasteiger partial charge in [-0.3, -0.25) is 0 Å². The minimum absolute atomic E-state index is 0.0466. The highest BCUT2D eigenvalue weighted by molar-refractivity contribution is 7.15. The van der Waals surface area contributed by atoms with Gasteiger partial charge in [0.2, 0.25) is 0 Å². The van der Waals surface area contributed by atoms with Crippen molar-refractivity contribution in [3.8, 4) is 0 Å². The lowest BCUT2D eigenvalue weighted by Crippen LogP contribution is -2.42. The second-order valence-corrected chi connectivity index (χ2v) is 5.79. The molecule has 1 heterocycles. The van der Waals surface area contributed by atoms with Crippen molar-refractivity contribution < 1.29 is 5.11 Å². The third-order valence-corrected chi connectivity index (χ3v) is 3.15. The van der Waals surface area contributed by atoms with Crippen LogP contribution in [0.2, 0.25) is 0 Å². The SMILES string of the molecule is CC(C)(C)[C@@H](CO)NCc1cnc(N)s1. The van der Waals surface area contributed by atoms with Gasteiger partial charge in [-0.05, 0) is 5.41 Å². The van der Waals surface area contributed by atoms with E-state index in [9.17, 15) is 5.11 Å². The first-order valence-electron chi connectivity index (χ1n) is 4.98. The van der Waals surface area contributed by atoms with Gasteiger partial charge in [0.15, 0.2) is 5.13 Å². The molecule has 4 nitrogen and oxygen atoms in total. The molecule has 0 aliphatic carbocycles. The van der Waals surface area contributed by atoms with Crippen molar-refractivity contribution in [2.45, 2.75) is 33.4 Å². The maximum absolute atomic E-state index is 9.25. The van der Waals surface area contributed by atoms with Crippen LogP contribution in [0.15, 0.2) is 6.20 Å². The van der Waals surface area contributed by atoms with Crippen LogP contribution in [-0.4, -0.2) is 22.7 Å². The molecule has 0 saturated carbocycles. The Labute approximate surface area is 94.5 Å². The standard InChI is InChI=1S/C10H19N3OS/c1-10(2,3)8(6-14)12-4-7-5-13-9(11)15-7/h5,8,12,14H,4,6H2,1-3H3,(H2,11,13)/t8-/m1/s1. The van der Waals surface area contributed by atoms with Crippen LogP contribution < -0.4 is 11.1 Å². The minimum atomic E-state index is 0.0466. The number of nitrogens with one attached hydrogen (secondary N) is 1. The van der Waals surface area contributed by atoms with Gasteiger partial charge >= 0.3 is 0 Å². The van der Waals surface area contributed by atoms with Gasteiger partial charge in [0.25, 0.3) is 0 Å². The zero-order chi connectivity index (χ0) is 11.5. The van der Waals surface area contributed by atoms with E-state index in [0.29, 0.717) is 11.7 Å². The van der Waals surface area contributed by atoms with Crippen LogP contribution in [0.5, 0.6) is 0 Å². The van der Waals surface area contributed by atoms with Crippen LogP contribution in [0.3, 0.4) is 0 Å². The summed E-state index contributed by atoms with van der Waals surface area (Å²) in [4.78, 5) is 5.07. The number of hydrogen-bond donors (Lipinski definition) is 3. The van der Waals surface area contributed by atoms with Crippen LogP contribution in [0.4, 0.5) is 5.13 Å². The minimum Gasteiger partial charge on any atom is -0.395 e. The van der Waals surface area contributed by atoms with Crippen molar-refractivity contribution >= 4 is 16.5 Å². The summed E-state index contributed by atoms with van der Waals surface area (Å²) in [6.07, 6.45) is 1.77. The highest BCUT2D eigenvalue weighted by Gasteiger charge is 2.23. The third kappa shape index (κ3) is 3.77. The van der Waals surface area contributed by atoms with E-state index in [-0.39, 0.29) is 18.1 Å². The molecular formula is C10H19N3OS. The number of anilines is 1. The predicted octanol–water partition coefficient (Wildman–Crippen LogP) is 1.22. The van der Waals surface area contributed by atoms with Gasteiger partial charge < -0.3 is 16.2 Å². The van der Waals surface area contributed by atoms with Crippen LogP contribution in [0.1, 0.15) is 25.6 Å². The maximum Gasteiger partial charge on any atom is 0.180 e. The van der Waals surface area contributed by atoms with Crippen LogP contribution in [0.25, 0.3) is 0 Å². The lowest BCUT2D eigenvalue weighted by molar-refractivity contribution is 0.158. The van der Waals surface area contributed by atoms with E-state index >= 15 is 0 Å². The summed E-state index contributed by atoms with van der Waals surface area (Å²) in [6.45, 7) is 7.14. The smallest absolute Gasteiger partial charge is 0.180 e. The molecule has 0 aliphatic heterocycles. The van der Waals surface area contributed by atoms with Crippen molar-refractivity contribution in [2.75, 3.05) is 12.3 Å². The first-order chi connectivity index (χ1) is 6.93. The zero-order valence-electron chi connectivity index (χ0n) is 9.45. The van der Waals surface area contributed by atoms with Crippen LogP contribution in [0, 0.1) is 5.41 Å². The number of nitrogen functional groups attached to an aromatic ring is 1. The number of hydrogen-bond acceptors (Lipinski definition) is 5. The molecule has 0 aromatic carbocycles. The fraction of sp³-hybridized carbons (Fsp3) is 0.700. The molecule has 0 spiro atoms. The van der Waals surface area contributed by atoms with Crippen molar-refractivity contribution in [3.63, 3.8) is 0 Å². The van der Waals surface area contributed by atoms with Gasteiger partial charge in [0.05, 0.1) is 6.61 Å². The topological polar surface area (TPSA) is 71.2 Å². The van der Waals surface area contributed by atoms with Gasteiger partial charge in [-0.15, -0.1) is 11.3 Å². The Kier molecular flexibility index (Phi) is 4.07. The highest BCUT2D eigenvalue weighted by Crippen LogP contribution is 2.20. The number of aromatic nitrogens is 1. The number of rotatable bonds is 4. The summed E-state index contributed by atoms with van der Waals surface area (Å²) in [7, 11) is 0. The predicted molar refractivity (Wildman–Crippen MR) is 63.7 cm³/mol. The molecule has 0 aliphatic rings. The Morgan fingerprint density at radius 1 is 1.60 bits per heavy atom. The monoisotopic (exact) mass is 229 g/mol. The summed E-state index contributed by atoms with van der Waals surface area (Å²) in [5, 5.41) is 13.1. The van der Waals surface area contributed by atoms with Gasteiger partial charge in [0, 0.05) is 23.7 Å². The quantitative estimate of drug-likeness (QED) is 0.726.